The van der Waals surface area contributed by atoms with Crippen LogP contribution >= 0.6 is 0 Å². The summed E-state index contributed by atoms with van der Waals surface area (Å²) < 4.78 is 13.2. The fourth-order valence-electron chi connectivity index (χ4n) is 6.82. The van der Waals surface area contributed by atoms with Crippen LogP contribution in [0.1, 0.15) is 72.0 Å². The van der Waals surface area contributed by atoms with Gasteiger partial charge in [0, 0.05) is 69.7 Å². The molecule has 4 saturated heterocycles. The van der Waals surface area contributed by atoms with Crippen molar-refractivity contribution in [3.05, 3.63) is 11.8 Å². The molecule has 5 rings (SSSR count). The highest BCUT2D eigenvalue weighted by molar-refractivity contribution is 5.68. The topological polar surface area (TPSA) is 66.3 Å². The molecule has 0 saturated carbocycles. The number of piperazine rings is 1. The Balaban J connectivity index is 1.13. The predicted molar refractivity (Wildman–Crippen MR) is 150 cm³/mol. The number of ether oxygens (including phenoxy) is 2. The fourth-order valence-corrected chi connectivity index (χ4v) is 6.82. The molecule has 214 valence electrons. The molecule has 0 bridgehead atoms. The predicted octanol–water partition coefficient (Wildman–Crippen LogP) is 3.77. The molecule has 1 aromatic heterocycles. The first-order valence-corrected chi connectivity index (χ1v) is 14.8. The molecule has 1 atom stereocenters. The van der Waals surface area contributed by atoms with E-state index in [1.165, 1.54) is 51.3 Å². The highest BCUT2D eigenvalue weighted by Crippen LogP contribution is 2.37. The third kappa shape index (κ3) is 6.31. The third-order valence-electron chi connectivity index (χ3n) is 8.99. The van der Waals surface area contributed by atoms with Gasteiger partial charge in [-0.1, -0.05) is 0 Å². The van der Waals surface area contributed by atoms with Crippen molar-refractivity contribution in [2.75, 3.05) is 70.5 Å². The average molecular weight is 531 g/mol. The number of hydrogen-bond acceptors (Lipinski definition) is 7. The maximum Gasteiger partial charge on any atom is 0.410 e. The van der Waals surface area contributed by atoms with Gasteiger partial charge in [0.1, 0.15) is 5.60 Å². The molecule has 5 heterocycles. The lowest BCUT2D eigenvalue weighted by Gasteiger charge is -2.48. The van der Waals surface area contributed by atoms with Gasteiger partial charge in [-0.3, -0.25) is 9.58 Å². The maximum absolute atomic E-state index is 12.5. The van der Waals surface area contributed by atoms with E-state index in [1.54, 1.807) is 0 Å². The van der Waals surface area contributed by atoms with Gasteiger partial charge in [0.15, 0.2) is 5.82 Å². The van der Waals surface area contributed by atoms with E-state index in [9.17, 15) is 4.79 Å². The Bertz CT molecular complexity index is 952. The normalized spacial score (nSPS) is 26.4. The number of likely N-dealkylation sites (tertiary alicyclic amines) is 1. The highest BCUT2D eigenvalue weighted by Gasteiger charge is 2.38. The van der Waals surface area contributed by atoms with Crippen LogP contribution in [0, 0.1) is 12.8 Å². The van der Waals surface area contributed by atoms with E-state index in [0.29, 0.717) is 25.2 Å². The second kappa shape index (κ2) is 11.0. The molecule has 0 aliphatic carbocycles. The van der Waals surface area contributed by atoms with Crippen molar-refractivity contribution in [3.63, 3.8) is 0 Å². The van der Waals surface area contributed by atoms with Crippen LogP contribution in [-0.4, -0.2) is 113 Å². The fraction of sp³-hybridized carbons (Fsp3) is 0.862. The summed E-state index contributed by atoms with van der Waals surface area (Å²) in [6.07, 6.45) is 4.04. The van der Waals surface area contributed by atoms with Gasteiger partial charge in [-0.2, -0.15) is 5.10 Å². The lowest BCUT2D eigenvalue weighted by Crippen LogP contribution is -2.58. The van der Waals surface area contributed by atoms with Crippen molar-refractivity contribution in [1.29, 1.82) is 0 Å². The number of hydrogen-bond donors (Lipinski definition) is 0. The molecule has 0 unspecified atom stereocenters. The first-order chi connectivity index (χ1) is 18.0. The molecule has 4 aliphatic heterocycles. The van der Waals surface area contributed by atoms with Crippen LogP contribution in [0.4, 0.5) is 10.6 Å². The van der Waals surface area contributed by atoms with E-state index in [0.717, 1.165) is 44.3 Å². The lowest BCUT2D eigenvalue weighted by molar-refractivity contribution is -0.0779. The Kier molecular flexibility index (Phi) is 8.00. The zero-order valence-electron chi connectivity index (χ0n) is 24.6. The molecular weight excluding hydrogens is 480 g/mol. The van der Waals surface area contributed by atoms with Crippen LogP contribution < -0.4 is 4.90 Å². The Morgan fingerprint density at radius 2 is 1.71 bits per heavy atom. The average Bonchev–Trinajstić information content (AvgIpc) is 3.18. The van der Waals surface area contributed by atoms with Crippen molar-refractivity contribution in [2.45, 2.75) is 90.4 Å². The maximum atomic E-state index is 12.5. The number of piperidine rings is 2. The van der Waals surface area contributed by atoms with E-state index in [4.69, 9.17) is 14.6 Å². The zero-order valence-corrected chi connectivity index (χ0v) is 24.6. The van der Waals surface area contributed by atoms with E-state index in [1.807, 2.05) is 25.7 Å². The van der Waals surface area contributed by atoms with Gasteiger partial charge in [0.2, 0.25) is 0 Å². The largest absolute Gasteiger partial charge is 0.444 e. The molecule has 0 aromatic carbocycles. The highest BCUT2D eigenvalue weighted by atomic mass is 16.6. The van der Waals surface area contributed by atoms with Crippen LogP contribution in [0.25, 0.3) is 0 Å². The molecule has 1 amide bonds. The Labute approximate surface area is 229 Å². The Hall–Kier alpha value is -1.84. The summed E-state index contributed by atoms with van der Waals surface area (Å²) >= 11 is 0. The molecule has 1 aromatic rings. The number of amides is 1. The van der Waals surface area contributed by atoms with Crippen LogP contribution in [-0.2, 0) is 9.47 Å². The van der Waals surface area contributed by atoms with Crippen molar-refractivity contribution < 1.29 is 14.3 Å². The Morgan fingerprint density at radius 3 is 2.29 bits per heavy atom. The minimum Gasteiger partial charge on any atom is -0.444 e. The van der Waals surface area contributed by atoms with Crippen molar-refractivity contribution in [1.82, 2.24) is 24.5 Å². The molecular formula is C29H50N6O3. The standard InChI is InChI=1S/C29H50N6O3/c1-22-17-26(30-35(22)24-8-10-33(11-9-24)27(36)38-28(2,3)4)34-12-7-23(18-29(34,5)6)19-31-13-15-32(16-14-31)25-20-37-21-25/h17,23-25H,7-16,18-21H2,1-6H3/t23-/m1/s1. The number of aromatic nitrogens is 2. The second-order valence-electron chi connectivity index (χ2n) is 13.6. The molecule has 0 spiro atoms. The van der Waals surface area contributed by atoms with E-state index in [-0.39, 0.29) is 11.6 Å². The van der Waals surface area contributed by atoms with Gasteiger partial charge in [0.05, 0.1) is 25.3 Å². The second-order valence-corrected chi connectivity index (χ2v) is 13.6. The number of anilines is 1. The van der Waals surface area contributed by atoms with Crippen LogP contribution in [0.15, 0.2) is 6.07 Å². The molecule has 4 fully saturated rings. The van der Waals surface area contributed by atoms with Crippen LogP contribution in [0.3, 0.4) is 0 Å². The number of nitrogens with zero attached hydrogens (tertiary/aromatic N) is 6. The molecule has 0 N–H and O–H groups in total. The van der Waals surface area contributed by atoms with E-state index in [2.05, 4.69) is 46.2 Å². The quantitative estimate of drug-likeness (QED) is 0.574. The van der Waals surface area contributed by atoms with Gasteiger partial charge in [0.25, 0.3) is 0 Å². The van der Waals surface area contributed by atoms with Gasteiger partial charge >= 0.3 is 6.09 Å². The first kappa shape index (κ1) is 27.7. The molecule has 4 aliphatic rings. The van der Waals surface area contributed by atoms with E-state index < -0.39 is 5.60 Å². The summed E-state index contributed by atoms with van der Waals surface area (Å²) in [6.45, 7) is 23.0. The number of rotatable bonds is 5. The first-order valence-electron chi connectivity index (χ1n) is 14.8. The summed E-state index contributed by atoms with van der Waals surface area (Å²) in [4.78, 5) is 22.2. The van der Waals surface area contributed by atoms with Gasteiger partial charge in [-0.05, 0) is 73.1 Å². The summed E-state index contributed by atoms with van der Waals surface area (Å²) in [5, 5.41) is 5.14. The number of carbonyl (C=O) groups is 1. The van der Waals surface area contributed by atoms with Crippen LogP contribution in [0.2, 0.25) is 0 Å². The zero-order chi connectivity index (χ0) is 27.1. The molecule has 9 nitrogen and oxygen atoms in total. The minimum atomic E-state index is -0.456. The molecule has 38 heavy (non-hydrogen) atoms. The monoisotopic (exact) mass is 530 g/mol. The van der Waals surface area contributed by atoms with Gasteiger partial charge in [-0.25, -0.2) is 4.79 Å². The summed E-state index contributed by atoms with van der Waals surface area (Å²) in [5.41, 5.74) is 0.838. The van der Waals surface area contributed by atoms with Crippen molar-refractivity contribution in [2.24, 2.45) is 5.92 Å². The number of aryl methyl sites for hydroxylation is 1. The smallest absolute Gasteiger partial charge is 0.410 e. The van der Waals surface area contributed by atoms with Crippen molar-refractivity contribution >= 4 is 11.9 Å². The Morgan fingerprint density at radius 1 is 1.03 bits per heavy atom. The molecule has 9 heteroatoms. The molecule has 0 radical (unpaired) electrons. The van der Waals surface area contributed by atoms with E-state index >= 15 is 0 Å². The summed E-state index contributed by atoms with van der Waals surface area (Å²) in [5.74, 6) is 1.84. The lowest BCUT2D eigenvalue weighted by atomic mass is 9.82. The third-order valence-corrected chi connectivity index (χ3v) is 8.99. The van der Waals surface area contributed by atoms with Crippen molar-refractivity contribution in [3.8, 4) is 0 Å². The van der Waals surface area contributed by atoms with Crippen LogP contribution in [0.5, 0.6) is 0 Å². The summed E-state index contributed by atoms with van der Waals surface area (Å²) in [7, 11) is 0. The summed E-state index contributed by atoms with van der Waals surface area (Å²) in [6, 6.07) is 3.26. The van der Waals surface area contributed by atoms with Gasteiger partial charge in [-0.15, -0.1) is 0 Å². The number of carbonyl (C=O) groups excluding carboxylic acids is 1. The minimum absolute atomic E-state index is 0.0830. The SMILES string of the molecule is Cc1cc(N2CC[C@@H](CN3CCN(C4COC4)CC3)CC2(C)C)nn1C1CCN(C(=O)OC(C)(C)C)CC1. The van der Waals surface area contributed by atoms with Gasteiger partial charge < -0.3 is 24.2 Å².